The molecular weight excluding hydrogens is 713 g/mol. The van der Waals surface area contributed by atoms with Gasteiger partial charge in [-0.2, -0.15) is 0 Å². The van der Waals surface area contributed by atoms with Crippen molar-refractivity contribution in [1.29, 1.82) is 0 Å². The number of carbonyl (C=O) groups excluding carboxylic acids is 1. The van der Waals surface area contributed by atoms with Crippen LogP contribution in [0, 0.1) is 0 Å². The molecule has 1 amide bonds. The third-order valence-corrected chi connectivity index (χ3v) is 11.6. The van der Waals surface area contributed by atoms with Crippen LogP contribution in [0.1, 0.15) is 187 Å². The molecule has 0 radical (unpaired) electrons. The molecule has 1 aliphatic carbocycles. The molecule has 8 N–H and O–H groups in total. The van der Waals surface area contributed by atoms with E-state index in [1.165, 1.54) is 122 Å². The molecular formula is C41H80NO11P. The maximum absolute atomic E-state index is 12.9. The Labute approximate surface area is 327 Å². The molecule has 0 aromatic heterocycles. The molecule has 1 saturated carbocycles. The van der Waals surface area contributed by atoms with Gasteiger partial charge in [0.25, 0.3) is 0 Å². The highest BCUT2D eigenvalue weighted by Gasteiger charge is 2.51. The van der Waals surface area contributed by atoms with Crippen LogP contribution in [0.25, 0.3) is 0 Å². The Balaban J connectivity index is 2.51. The molecule has 1 fully saturated rings. The highest BCUT2D eigenvalue weighted by molar-refractivity contribution is 7.47. The molecule has 12 nitrogen and oxygen atoms in total. The van der Waals surface area contributed by atoms with Gasteiger partial charge in [-0.25, -0.2) is 4.57 Å². The molecule has 0 aromatic rings. The van der Waals surface area contributed by atoms with E-state index in [4.69, 9.17) is 9.05 Å². The highest BCUT2D eigenvalue weighted by Crippen LogP contribution is 2.47. The normalized spacial score (nSPS) is 24.1. The Bertz CT molecular complexity index is 973. The second-order valence-electron chi connectivity index (χ2n) is 15.6. The molecule has 54 heavy (non-hydrogen) atoms. The Morgan fingerprint density at radius 2 is 0.981 bits per heavy atom. The van der Waals surface area contributed by atoms with Gasteiger partial charge in [-0.15, -0.1) is 0 Å². The minimum atomic E-state index is -5.07. The summed E-state index contributed by atoms with van der Waals surface area (Å²) in [5.74, 6) is -0.340. The molecule has 13 heteroatoms. The molecule has 0 aromatic carbocycles. The van der Waals surface area contributed by atoms with Gasteiger partial charge in [0.2, 0.25) is 5.91 Å². The number of hydrogen-bond donors (Lipinski definition) is 8. The van der Waals surface area contributed by atoms with Gasteiger partial charge in [-0.3, -0.25) is 13.8 Å². The van der Waals surface area contributed by atoms with Crippen molar-refractivity contribution < 1.29 is 53.9 Å². The Kier molecular flexibility index (Phi) is 30.4. The van der Waals surface area contributed by atoms with E-state index in [0.29, 0.717) is 6.42 Å². The van der Waals surface area contributed by atoms with Gasteiger partial charge < -0.3 is 40.8 Å². The van der Waals surface area contributed by atoms with Crippen molar-refractivity contribution in [2.75, 3.05) is 6.61 Å². The van der Waals surface area contributed by atoms with Gasteiger partial charge in [0, 0.05) is 6.42 Å². The fourth-order valence-corrected chi connectivity index (χ4v) is 7.93. The maximum atomic E-state index is 12.9. The van der Waals surface area contributed by atoms with Crippen LogP contribution in [-0.4, -0.2) is 96.8 Å². The fraction of sp³-hybridized carbons (Fsp3) is 0.927. The van der Waals surface area contributed by atoms with Crippen LogP contribution < -0.4 is 5.32 Å². The van der Waals surface area contributed by atoms with Crippen molar-refractivity contribution >= 4 is 13.7 Å². The van der Waals surface area contributed by atoms with Crippen LogP contribution in [0.15, 0.2) is 12.2 Å². The average Bonchev–Trinajstić information content (AvgIpc) is 3.15. The first-order valence-corrected chi connectivity index (χ1v) is 23.1. The zero-order valence-electron chi connectivity index (χ0n) is 33.8. The van der Waals surface area contributed by atoms with E-state index < -0.39 is 63.2 Å². The van der Waals surface area contributed by atoms with Crippen LogP contribution in [0.3, 0.4) is 0 Å². The summed E-state index contributed by atoms with van der Waals surface area (Å²) in [4.78, 5) is 23.3. The largest absolute Gasteiger partial charge is 0.472 e. The number of aliphatic hydroxyl groups excluding tert-OH is 6. The van der Waals surface area contributed by atoms with E-state index in [2.05, 4.69) is 19.2 Å². The van der Waals surface area contributed by atoms with Gasteiger partial charge in [-0.1, -0.05) is 174 Å². The lowest BCUT2D eigenvalue weighted by Crippen LogP contribution is -2.64. The number of carbonyl (C=O) groups is 1. The van der Waals surface area contributed by atoms with Crippen molar-refractivity contribution in [2.24, 2.45) is 0 Å². The zero-order valence-corrected chi connectivity index (χ0v) is 34.7. The smallest absolute Gasteiger partial charge is 0.387 e. The van der Waals surface area contributed by atoms with E-state index in [1.807, 2.05) is 6.08 Å². The molecule has 9 atom stereocenters. The van der Waals surface area contributed by atoms with Gasteiger partial charge in [0.15, 0.2) is 0 Å². The standard InChI is InChI=1S/C41H80NO11P/c1-3-5-7-9-11-13-15-16-17-18-19-21-23-25-27-29-31-35(44)42-33(34(43)30-28-26-24-22-20-14-12-10-8-6-4-2)32-52-54(50,51)53-41-39(48)37(46)36(45)38(47)40(41)49/h28,30,33-34,36-41,43,45-49H,3-27,29,31-32H2,1-2H3,(H,42,44)(H,50,51)/b30-28+/t33-,34+,36?,37+,38?,39?,40?,41?/m0/s1. The molecule has 0 saturated heterocycles. The van der Waals surface area contributed by atoms with Crippen molar-refractivity contribution in [3.63, 3.8) is 0 Å². The van der Waals surface area contributed by atoms with E-state index in [9.17, 15) is 44.9 Å². The second kappa shape index (κ2) is 32.1. The monoisotopic (exact) mass is 794 g/mol. The minimum Gasteiger partial charge on any atom is -0.387 e. The maximum Gasteiger partial charge on any atom is 0.472 e. The predicted molar refractivity (Wildman–Crippen MR) is 214 cm³/mol. The van der Waals surface area contributed by atoms with Crippen LogP contribution in [0.5, 0.6) is 0 Å². The summed E-state index contributed by atoms with van der Waals surface area (Å²) in [6.07, 6.45) is 21.5. The second-order valence-corrected chi connectivity index (χ2v) is 17.0. The zero-order chi connectivity index (χ0) is 40.0. The Morgan fingerprint density at radius 1 is 0.611 bits per heavy atom. The molecule has 6 unspecified atom stereocenters. The minimum absolute atomic E-state index is 0.218. The van der Waals surface area contributed by atoms with Gasteiger partial charge in [0.05, 0.1) is 18.8 Å². The molecule has 0 spiro atoms. The van der Waals surface area contributed by atoms with Gasteiger partial charge >= 0.3 is 7.82 Å². The lowest BCUT2D eigenvalue weighted by Gasteiger charge is -2.41. The van der Waals surface area contributed by atoms with E-state index in [0.717, 1.165) is 44.9 Å². The summed E-state index contributed by atoms with van der Waals surface area (Å²) < 4.78 is 22.8. The van der Waals surface area contributed by atoms with Gasteiger partial charge in [-0.05, 0) is 19.3 Å². The van der Waals surface area contributed by atoms with Crippen molar-refractivity contribution in [2.45, 2.75) is 236 Å². The number of nitrogens with one attached hydrogen (secondary N) is 1. The number of hydrogen-bond acceptors (Lipinski definition) is 10. The molecule has 0 aliphatic heterocycles. The molecule has 0 heterocycles. The topological polar surface area (TPSA) is 206 Å². The first-order valence-electron chi connectivity index (χ1n) is 21.6. The molecule has 1 aliphatic rings. The predicted octanol–water partition coefficient (Wildman–Crippen LogP) is 7.28. The first kappa shape index (κ1) is 51.1. The number of phosphoric ester groups is 1. The lowest BCUT2D eigenvalue weighted by molar-refractivity contribution is -0.220. The van der Waals surface area contributed by atoms with E-state index >= 15 is 0 Å². The molecule has 0 bridgehead atoms. The van der Waals surface area contributed by atoms with Crippen LogP contribution in [-0.2, 0) is 18.4 Å². The molecule has 1 rings (SSSR count). The Morgan fingerprint density at radius 3 is 1.41 bits per heavy atom. The number of unbranched alkanes of at least 4 members (excludes halogenated alkanes) is 24. The number of rotatable bonds is 35. The number of allylic oxidation sites excluding steroid dienone is 1. The molecule has 320 valence electrons. The fourth-order valence-electron chi connectivity index (χ4n) is 6.96. The van der Waals surface area contributed by atoms with Crippen molar-refractivity contribution in [3.05, 3.63) is 12.2 Å². The number of amides is 1. The van der Waals surface area contributed by atoms with Crippen LogP contribution in [0.4, 0.5) is 0 Å². The summed E-state index contributed by atoms with van der Waals surface area (Å²) in [6, 6.07) is -1.11. The van der Waals surface area contributed by atoms with E-state index in [-0.39, 0.29) is 12.3 Å². The lowest BCUT2D eigenvalue weighted by atomic mass is 9.85. The summed E-state index contributed by atoms with van der Waals surface area (Å²) in [7, 11) is -5.07. The number of aliphatic hydroxyl groups is 6. The van der Waals surface area contributed by atoms with Crippen LogP contribution >= 0.6 is 7.82 Å². The third-order valence-electron chi connectivity index (χ3n) is 10.6. The number of phosphoric acid groups is 1. The van der Waals surface area contributed by atoms with Crippen molar-refractivity contribution in [3.8, 4) is 0 Å². The summed E-state index contributed by atoms with van der Waals surface area (Å²) >= 11 is 0. The van der Waals surface area contributed by atoms with Gasteiger partial charge in [0.1, 0.15) is 36.6 Å². The summed E-state index contributed by atoms with van der Waals surface area (Å²) in [5, 5.41) is 63.8. The average molecular weight is 794 g/mol. The summed E-state index contributed by atoms with van der Waals surface area (Å²) in [6.45, 7) is 3.81. The van der Waals surface area contributed by atoms with Crippen molar-refractivity contribution in [1.82, 2.24) is 5.32 Å². The van der Waals surface area contributed by atoms with E-state index in [1.54, 1.807) is 0 Å². The third kappa shape index (κ3) is 24.0. The Hall–Kier alpha value is -0.920. The quantitative estimate of drug-likeness (QED) is 0.0182. The van der Waals surface area contributed by atoms with Crippen LogP contribution in [0.2, 0.25) is 0 Å². The SMILES string of the molecule is CCCCCCCCCCC/C=C/[C@@H](O)[C@H](COP(=O)(O)OC1C(O)C(O)C(O)[C@@H](O)C1O)NC(=O)CCCCCCCCCCCCCCCCCC. The summed E-state index contributed by atoms with van der Waals surface area (Å²) in [5.41, 5.74) is 0. The first-order chi connectivity index (χ1) is 25.9. The highest BCUT2D eigenvalue weighted by atomic mass is 31.2.